The van der Waals surface area contributed by atoms with Crippen molar-refractivity contribution in [3.8, 4) is 11.1 Å². The predicted molar refractivity (Wildman–Crippen MR) is 198 cm³/mol. The summed E-state index contributed by atoms with van der Waals surface area (Å²) in [6.45, 7) is 4.61. The number of rotatable bonds is 11. The molecule has 1 aliphatic rings. The minimum atomic E-state index is -4.44. The standard InChI is InChI=1S/C42H41F5N4O4/c1-41(2,40(54)55-3)49-22-19-32(20-23-49)50(25-27-9-11-28(12-10-27)29-13-16-31(17-14-29)42(45,46)47)37(53)26-51-33(18-15-30-6-4-8-35(43)38(30)44)24-36(52)34-7-5-21-48-39(34)51/h4-14,16-17,21,24,32H,15,18-20,22-23,25-26H2,1-3H3. The number of amides is 1. The van der Waals surface area contributed by atoms with Gasteiger partial charge < -0.3 is 14.2 Å². The van der Waals surface area contributed by atoms with Crippen LogP contribution in [0.1, 0.15) is 49.1 Å². The van der Waals surface area contributed by atoms with E-state index in [0.29, 0.717) is 48.1 Å². The first-order valence-corrected chi connectivity index (χ1v) is 18.0. The molecule has 0 unspecified atom stereocenters. The van der Waals surface area contributed by atoms with Gasteiger partial charge in [-0.1, -0.05) is 48.5 Å². The lowest BCUT2D eigenvalue weighted by Crippen LogP contribution is -2.56. The van der Waals surface area contributed by atoms with Crippen LogP contribution < -0.4 is 5.43 Å². The molecule has 0 atom stereocenters. The number of halogens is 5. The molecule has 288 valence electrons. The number of pyridine rings is 2. The van der Waals surface area contributed by atoms with Crippen molar-refractivity contribution < 1.29 is 36.3 Å². The molecule has 0 saturated carbocycles. The molecule has 1 saturated heterocycles. The number of methoxy groups -OCH3 is 1. The first kappa shape index (κ1) is 39.3. The van der Waals surface area contributed by atoms with Gasteiger partial charge in [0.05, 0.1) is 18.1 Å². The Bertz CT molecular complexity index is 2230. The number of aromatic nitrogens is 2. The fourth-order valence-electron chi connectivity index (χ4n) is 7.25. The SMILES string of the molecule is COC(=O)C(C)(C)N1CCC(N(Cc2ccc(-c3ccc(C(F)(F)F)cc3)cc2)C(=O)Cn2c(CCc3cccc(F)c3F)cc(=O)c3cccnc32)CC1. The van der Waals surface area contributed by atoms with Crippen LogP contribution in [0.2, 0.25) is 0 Å². The maximum Gasteiger partial charge on any atom is 0.416 e. The van der Waals surface area contributed by atoms with Crippen molar-refractivity contribution >= 4 is 22.9 Å². The molecule has 0 aliphatic carbocycles. The number of carbonyl (C=O) groups is 2. The number of esters is 1. The average Bonchev–Trinajstić information content (AvgIpc) is 3.18. The number of carbonyl (C=O) groups excluding carboxylic acids is 2. The van der Waals surface area contributed by atoms with Gasteiger partial charge in [0, 0.05) is 43.6 Å². The Morgan fingerprint density at radius 3 is 2.18 bits per heavy atom. The molecule has 0 bridgehead atoms. The summed E-state index contributed by atoms with van der Waals surface area (Å²) in [5.74, 6) is -2.58. The summed E-state index contributed by atoms with van der Waals surface area (Å²) in [5, 5.41) is 0.305. The van der Waals surface area contributed by atoms with Crippen molar-refractivity contribution in [1.29, 1.82) is 0 Å². The lowest BCUT2D eigenvalue weighted by atomic mass is 9.95. The van der Waals surface area contributed by atoms with Gasteiger partial charge in [0.1, 0.15) is 17.7 Å². The first-order chi connectivity index (χ1) is 26.2. The van der Waals surface area contributed by atoms with Crippen molar-refractivity contribution in [3.05, 3.63) is 135 Å². The third-order valence-corrected chi connectivity index (χ3v) is 10.5. The van der Waals surface area contributed by atoms with E-state index in [1.54, 1.807) is 47.6 Å². The number of alkyl halides is 3. The fraction of sp³-hybridized carbons (Fsp3) is 0.333. The van der Waals surface area contributed by atoms with Crippen molar-refractivity contribution in [1.82, 2.24) is 19.4 Å². The predicted octanol–water partition coefficient (Wildman–Crippen LogP) is 7.59. The van der Waals surface area contributed by atoms with E-state index in [1.807, 2.05) is 17.0 Å². The van der Waals surface area contributed by atoms with Crippen LogP contribution >= 0.6 is 0 Å². The normalized spacial score (nSPS) is 14.3. The number of hydrogen-bond acceptors (Lipinski definition) is 6. The Morgan fingerprint density at radius 2 is 1.55 bits per heavy atom. The van der Waals surface area contributed by atoms with Crippen LogP contribution in [0.15, 0.2) is 95.9 Å². The summed E-state index contributed by atoms with van der Waals surface area (Å²) in [6, 6.07) is 20.5. The molecular weight excluding hydrogens is 719 g/mol. The molecule has 8 nitrogen and oxygen atoms in total. The molecule has 1 fully saturated rings. The molecule has 0 radical (unpaired) electrons. The third kappa shape index (κ3) is 8.62. The largest absolute Gasteiger partial charge is 0.468 e. The zero-order chi connectivity index (χ0) is 39.5. The smallest absolute Gasteiger partial charge is 0.416 e. The summed E-state index contributed by atoms with van der Waals surface area (Å²) < 4.78 is 74.8. The van der Waals surface area contributed by atoms with Crippen molar-refractivity contribution in [3.63, 3.8) is 0 Å². The highest BCUT2D eigenvalue weighted by Gasteiger charge is 2.39. The summed E-state index contributed by atoms with van der Waals surface area (Å²) >= 11 is 0. The van der Waals surface area contributed by atoms with Gasteiger partial charge in [-0.3, -0.25) is 19.3 Å². The number of likely N-dealkylation sites (tertiary alicyclic amines) is 1. The molecule has 1 amide bonds. The van der Waals surface area contributed by atoms with E-state index in [0.717, 1.165) is 23.8 Å². The molecule has 6 rings (SSSR count). The minimum Gasteiger partial charge on any atom is -0.468 e. The summed E-state index contributed by atoms with van der Waals surface area (Å²) in [7, 11) is 1.35. The monoisotopic (exact) mass is 760 g/mol. The van der Waals surface area contributed by atoms with E-state index in [9.17, 15) is 36.3 Å². The van der Waals surface area contributed by atoms with Gasteiger partial charge in [-0.15, -0.1) is 0 Å². The van der Waals surface area contributed by atoms with E-state index in [4.69, 9.17) is 4.74 Å². The first-order valence-electron chi connectivity index (χ1n) is 18.0. The van der Waals surface area contributed by atoms with Crippen molar-refractivity contribution in [2.45, 2.75) is 70.4 Å². The highest BCUT2D eigenvalue weighted by Crippen LogP contribution is 2.32. The topological polar surface area (TPSA) is 84.7 Å². The molecule has 13 heteroatoms. The van der Waals surface area contributed by atoms with Crippen LogP contribution in [0.3, 0.4) is 0 Å². The number of fused-ring (bicyclic) bond motifs is 1. The molecule has 0 spiro atoms. The Kier molecular flexibility index (Phi) is 11.5. The maximum absolute atomic E-state index is 14.6. The Hall–Kier alpha value is -5.43. The van der Waals surface area contributed by atoms with Crippen LogP contribution in [-0.4, -0.2) is 63.0 Å². The Labute approximate surface area is 315 Å². The number of hydrogen-bond donors (Lipinski definition) is 0. The molecule has 55 heavy (non-hydrogen) atoms. The van der Waals surface area contributed by atoms with E-state index in [2.05, 4.69) is 4.98 Å². The minimum absolute atomic E-state index is 0.0685. The fourth-order valence-corrected chi connectivity index (χ4v) is 7.25. The molecule has 2 aromatic heterocycles. The molecule has 1 aliphatic heterocycles. The van der Waals surface area contributed by atoms with Crippen LogP contribution in [0.25, 0.3) is 22.2 Å². The summed E-state index contributed by atoms with van der Waals surface area (Å²) in [6.07, 6.45) is -1.63. The summed E-state index contributed by atoms with van der Waals surface area (Å²) in [5.41, 5.74) is 1.03. The highest BCUT2D eigenvalue weighted by molar-refractivity contribution is 5.81. The second-order valence-corrected chi connectivity index (χ2v) is 14.2. The average molecular weight is 761 g/mol. The number of piperidine rings is 1. The molecular formula is C42H41F5N4O4. The second kappa shape index (κ2) is 16.1. The second-order valence-electron chi connectivity index (χ2n) is 14.2. The zero-order valence-electron chi connectivity index (χ0n) is 30.7. The van der Waals surface area contributed by atoms with Crippen LogP contribution in [0.4, 0.5) is 22.0 Å². The van der Waals surface area contributed by atoms with E-state index in [-0.39, 0.29) is 60.5 Å². The zero-order valence-corrected chi connectivity index (χ0v) is 30.7. The van der Waals surface area contributed by atoms with Crippen LogP contribution in [-0.2, 0) is 46.4 Å². The van der Waals surface area contributed by atoms with Gasteiger partial charge in [-0.2, -0.15) is 13.2 Å². The maximum atomic E-state index is 14.6. The molecule has 5 aromatic rings. The summed E-state index contributed by atoms with van der Waals surface area (Å²) in [4.78, 5) is 48.7. The van der Waals surface area contributed by atoms with E-state index < -0.39 is 28.9 Å². The number of benzene rings is 3. The van der Waals surface area contributed by atoms with Crippen molar-refractivity contribution in [2.24, 2.45) is 0 Å². The van der Waals surface area contributed by atoms with Gasteiger partial charge in [-0.05, 0) is 92.1 Å². The van der Waals surface area contributed by atoms with Gasteiger partial charge in [0.15, 0.2) is 17.1 Å². The van der Waals surface area contributed by atoms with E-state index in [1.165, 1.54) is 43.6 Å². The third-order valence-electron chi connectivity index (χ3n) is 10.5. The number of aryl methyl sites for hydroxylation is 2. The van der Waals surface area contributed by atoms with Gasteiger partial charge in [-0.25, -0.2) is 13.8 Å². The Morgan fingerprint density at radius 1 is 0.891 bits per heavy atom. The highest BCUT2D eigenvalue weighted by atomic mass is 19.4. The van der Waals surface area contributed by atoms with Crippen LogP contribution in [0.5, 0.6) is 0 Å². The molecule has 0 N–H and O–H groups in total. The van der Waals surface area contributed by atoms with Gasteiger partial charge >= 0.3 is 12.1 Å². The Balaban J connectivity index is 1.31. The lowest BCUT2D eigenvalue weighted by molar-refractivity contribution is -0.155. The van der Waals surface area contributed by atoms with Crippen molar-refractivity contribution in [2.75, 3.05) is 20.2 Å². The van der Waals surface area contributed by atoms with Crippen LogP contribution in [0, 0.1) is 11.6 Å². The number of nitrogens with zero attached hydrogens (tertiary/aromatic N) is 4. The molecule has 3 heterocycles. The lowest BCUT2D eigenvalue weighted by Gasteiger charge is -2.44. The number of ether oxygens (including phenoxy) is 1. The quantitative estimate of drug-likeness (QED) is 0.102. The molecule has 3 aromatic carbocycles. The van der Waals surface area contributed by atoms with Gasteiger partial charge in [0.25, 0.3) is 0 Å². The van der Waals surface area contributed by atoms with Gasteiger partial charge in [0.2, 0.25) is 5.91 Å². The van der Waals surface area contributed by atoms with E-state index >= 15 is 0 Å².